The quantitative estimate of drug-likeness (QED) is 0.813. The zero-order valence-corrected chi connectivity index (χ0v) is 10.7. The van der Waals surface area contributed by atoms with E-state index in [4.69, 9.17) is 4.74 Å². The van der Waals surface area contributed by atoms with E-state index >= 15 is 0 Å². The van der Waals surface area contributed by atoms with Gasteiger partial charge in [-0.3, -0.25) is 4.79 Å². The number of carbonyl (C=O) groups is 1. The fraction of sp³-hybridized carbons (Fsp3) is 0.462. The number of amides is 1. The molecule has 1 atom stereocenters. The maximum Gasteiger partial charge on any atom is 0.239 e. The molecule has 0 spiro atoms. The lowest BCUT2D eigenvalue weighted by molar-refractivity contribution is -0.119. The van der Waals surface area contributed by atoms with Crippen LogP contribution in [0.2, 0.25) is 0 Å². The lowest BCUT2D eigenvalue weighted by Gasteiger charge is -2.12. The van der Waals surface area contributed by atoms with Crippen LogP contribution in [0.4, 0.5) is 18.9 Å². The van der Waals surface area contributed by atoms with Gasteiger partial charge in [0.25, 0.3) is 0 Å². The molecule has 1 unspecified atom stereocenters. The standard InChI is InChI=1S/C13H15F3N2O2/c14-9-3-4-10(13(16)12(9)15)17-7-11(19)18-6-8-2-1-5-20-8/h3-4,8,17H,1-2,5-7H2,(H,18,19). The van der Waals surface area contributed by atoms with E-state index in [1.54, 1.807) is 0 Å². The topological polar surface area (TPSA) is 50.4 Å². The largest absolute Gasteiger partial charge is 0.376 e. The Morgan fingerprint density at radius 3 is 2.80 bits per heavy atom. The molecule has 0 aliphatic carbocycles. The summed E-state index contributed by atoms with van der Waals surface area (Å²) >= 11 is 0. The number of rotatable bonds is 5. The molecule has 2 N–H and O–H groups in total. The van der Waals surface area contributed by atoms with E-state index in [9.17, 15) is 18.0 Å². The smallest absolute Gasteiger partial charge is 0.239 e. The molecule has 0 saturated carbocycles. The number of halogens is 3. The van der Waals surface area contributed by atoms with Crippen molar-refractivity contribution in [1.82, 2.24) is 5.32 Å². The monoisotopic (exact) mass is 288 g/mol. The third kappa shape index (κ3) is 3.63. The average molecular weight is 288 g/mol. The molecule has 20 heavy (non-hydrogen) atoms. The third-order valence-corrected chi connectivity index (χ3v) is 3.03. The maximum atomic E-state index is 13.3. The Labute approximate surface area is 114 Å². The number of benzene rings is 1. The molecule has 0 aromatic heterocycles. The van der Waals surface area contributed by atoms with Gasteiger partial charge in [-0.1, -0.05) is 0 Å². The van der Waals surface area contributed by atoms with Crippen LogP contribution < -0.4 is 10.6 Å². The Kier molecular flexibility index (Phi) is 4.84. The van der Waals surface area contributed by atoms with Gasteiger partial charge in [-0.15, -0.1) is 0 Å². The molecule has 110 valence electrons. The minimum atomic E-state index is -1.56. The number of carbonyl (C=O) groups excluding carboxylic acids is 1. The van der Waals surface area contributed by atoms with E-state index in [0.29, 0.717) is 13.2 Å². The molecule has 0 bridgehead atoms. The van der Waals surface area contributed by atoms with Gasteiger partial charge in [0.05, 0.1) is 18.3 Å². The number of ether oxygens (including phenoxy) is 1. The first-order valence-corrected chi connectivity index (χ1v) is 6.33. The Hall–Kier alpha value is -1.76. The van der Waals surface area contributed by atoms with Crippen LogP contribution in [0, 0.1) is 17.5 Å². The predicted molar refractivity (Wildman–Crippen MR) is 66.8 cm³/mol. The summed E-state index contributed by atoms with van der Waals surface area (Å²) in [6, 6.07) is 1.84. The first kappa shape index (κ1) is 14.6. The molecule has 0 radical (unpaired) electrons. The van der Waals surface area contributed by atoms with Gasteiger partial charge >= 0.3 is 0 Å². The van der Waals surface area contributed by atoms with Gasteiger partial charge in [0, 0.05) is 13.2 Å². The van der Waals surface area contributed by atoms with E-state index in [-0.39, 0.29) is 24.2 Å². The van der Waals surface area contributed by atoms with Gasteiger partial charge in [0.1, 0.15) is 0 Å². The minimum absolute atomic E-state index is 0.0129. The summed E-state index contributed by atoms with van der Waals surface area (Å²) in [5, 5.41) is 5.05. The zero-order chi connectivity index (χ0) is 14.5. The molecule has 2 rings (SSSR count). The molecule has 1 aromatic rings. The Balaban J connectivity index is 1.79. The van der Waals surface area contributed by atoms with Crippen LogP contribution >= 0.6 is 0 Å². The number of nitrogens with one attached hydrogen (secondary N) is 2. The molecule has 1 amide bonds. The van der Waals surface area contributed by atoms with Crippen molar-refractivity contribution >= 4 is 11.6 Å². The number of anilines is 1. The highest BCUT2D eigenvalue weighted by atomic mass is 19.2. The molecule has 1 aliphatic heterocycles. The average Bonchev–Trinajstić information content (AvgIpc) is 2.95. The van der Waals surface area contributed by atoms with Crippen LogP contribution in [0.1, 0.15) is 12.8 Å². The van der Waals surface area contributed by atoms with E-state index in [1.165, 1.54) is 0 Å². The van der Waals surface area contributed by atoms with Crippen LogP contribution in [0.3, 0.4) is 0 Å². The summed E-state index contributed by atoms with van der Waals surface area (Å²) in [5.74, 6) is -4.53. The summed E-state index contributed by atoms with van der Waals surface area (Å²) in [6.45, 7) is 0.855. The van der Waals surface area contributed by atoms with E-state index in [1.807, 2.05) is 0 Å². The van der Waals surface area contributed by atoms with Crippen molar-refractivity contribution in [2.75, 3.05) is 25.0 Å². The Bertz CT molecular complexity index is 491. The van der Waals surface area contributed by atoms with Crippen molar-refractivity contribution < 1.29 is 22.7 Å². The minimum Gasteiger partial charge on any atom is -0.376 e. The molecule has 1 fully saturated rings. The zero-order valence-electron chi connectivity index (χ0n) is 10.7. The first-order chi connectivity index (χ1) is 9.58. The van der Waals surface area contributed by atoms with Crippen molar-refractivity contribution in [2.24, 2.45) is 0 Å². The number of hydrogen-bond acceptors (Lipinski definition) is 3. The normalized spacial score (nSPS) is 18.1. The second-order valence-electron chi connectivity index (χ2n) is 4.52. The first-order valence-electron chi connectivity index (χ1n) is 6.33. The van der Waals surface area contributed by atoms with Gasteiger partial charge in [0.2, 0.25) is 5.91 Å². The fourth-order valence-electron chi connectivity index (χ4n) is 1.93. The van der Waals surface area contributed by atoms with Crippen LogP contribution in [0.25, 0.3) is 0 Å². The summed E-state index contributed by atoms with van der Waals surface area (Å²) in [7, 11) is 0. The molecular weight excluding hydrogens is 273 g/mol. The second kappa shape index (κ2) is 6.60. The van der Waals surface area contributed by atoms with E-state index in [0.717, 1.165) is 25.0 Å². The van der Waals surface area contributed by atoms with Gasteiger partial charge in [0.15, 0.2) is 17.5 Å². The second-order valence-corrected chi connectivity index (χ2v) is 4.52. The number of hydrogen-bond donors (Lipinski definition) is 2. The summed E-state index contributed by atoms with van der Waals surface area (Å²) in [5.41, 5.74) is -0.254. The van der Waals surface area contributed by atoms with Crippen LogP contribution in [-0.4, -0.2) is 31.7 Å². The highest BCUT2D eigenvalue weighted by Crippen LogP contribution is 2.19. The summed E-state index contributed by atoms with van der Waals surface area (Å²) < 4.78 is 44.3. The highest BCUT2D eigenvalue weighted by molar-refractivity contribution is 5.80. The SMILES string of the molecule is O=C(CNc1ccc(F)c(F)c1F)NCC1CCCO1. The highest BCUT2D eigenvalue weighted by Gasteiger charge is 2.17. The molecule has 7 heteroatoms. The van der Waals surface area contributed by atoms with E-state index in [2.05, 4.69) is 10.6 Å². The lowest BCUT2D eigenvalue weighted by atomic mass is 10.2. The molecule has 1 heterocycles. The van der Waals surface area contributed by atoms with Crippen LogP contribution in [-0.2, 0) is 9.53 Å². The Morgan fingerprint density at radius 1 is 1.30 bits per heavy atom. The van der Waals surface area contributed by atoms with Gasteiger partial charge in [-0.2, -0.15) is 0 Å². The van der Waals surface area contributed by atoms with Crippen molar-refractivity contribution in [1.29, 1.82) is 0 Å². The van der Waals surface area contributed by atoms with Crippen LogP contribution in [0.5, 0.6) is 0 Å². The van der Waals surface area contributed by atoms with Crippen molar-refractivity contribution in [3.8, 4) is 0 Å². The van der Waals surface area contributed by atoms with Gasteiger partial charge in [-0.25, -0.2) is 13.2 Å². The summed E-state index contributed by atoms with van der Waals surface area (Å²) in [6.07, 6.45) is 1.88. The molecular formula is C13H15F3N2O2. The predicted octanol–water partition coefficient (Wildman–Crippen LogP) is 1.81. The van der Waals surface area contributed by atoms with Crippen molar-refractivity contribution in [3.05, 3.63) is 29.6 Å². The van der Waals surface area contributed by atoms with Gasteiger partial charge < -0.3 is 15.4 Å². The molecule has 1 aliphatic rings. The summed E-state index contributed by atoms with van der Waals surface area (Å²) in [4.78, 5) is 11.5. The lowest BCUT2D eigenvalue weighted by Crippen LogP contribution is -2.35. The van der Waals surface area contributed by atoms with E-state index < -0.39 is 17.5 Å². The van der Waals surface area contributed by atoms with Crippen LogP contribution in [0.15, 0.2) is 12.1 Å². The maximum absolute atomic E-state index is 13.3. The molecule has 4 nitrogen and oxygen atoms in total. The van der Waals surface area contributed by atoms with Gasteiger partial charge in [-0.05, 0) is 25.0 Å². The third-order valence-electron chi connectivity index (χ3n) is 3.03. The van der Waals surface area contributed by atoms with Crippen molar-refractivity contribution in [3.63, 3.8) is 0 Å². The molecule has 1 aromatic carbocycles. The Morgan fingerprint density at radius 2 is 2.10 bits per heavy atom. The molecule has 1 saturated heterocycles. The fourth-order valence-corrected chi connectivity index (χ4v) is 1.93. The van der Waals surface area contributed by atoms with Crippen molar-refractivity contribution in [2.45, 2.75) is 18.9 Å².